The number of hydrogen-bond donors (Lipinski definition) is 2. The van der Waals surface area contributed by atoms with Gasteiger partial charge in [-0.25, -0.2) is 4.39 Å². The first kappa shape index (κ1) is 37.8. The second kappa shape index (κ2) is 17.2. The Morgan fingerprint density at radius 1 is 1.02 bits per heavy atom. The highest BCUT2D eigenvalue weighted by Crippen LogP contribution is 2.41. The van der Waals surface area contributed by atoms with Crippen molar-refractivity contribution in [2.45, 2.75) is 63.8 Å². The van der Waals surface area contributed by atoms with Crippen molar-refractivity contribution >= 4 is 40.4 Å². The molecule has 1 fully saturated rings. The van der Waals surface area contributed by atoms with Gasteiger partial charge in [-0.3, -0.25) is 9.58 Å². The van der Waals surface area contributed by atoms with Gasteiger partial charge in [-0.15, -0.1) is 0 Å². The van der Waals surface area contributed by atoms with E-state index < -0.39 is 5.82 Å². The van der Waals surface area contributed by atoms with E-state index in [9.17, 15) is 4.79 Å². The first-order chi connectivity index (χ1) is 25.3. The molecule has 4 aromatic carbocycles. The maximum Gasteiger partial charge on any atom is 0.132 e. The lowest BCUT2D eigenvalue weighted by atomic mass is 9.91. The van der Waals surface area contributed by atoms with E-state index in [2.05, 4.69) is 22.6 Å². The summed E-state index contributed by atoms with van der Waals surface area (Å²) in [5.41, 5.74) is 6.36. The van der Waals surface area contributed by atoms with E-state index in [0.29, 0.717) is 64.5 Å². The summed E-state index contributed by atoms with van der Waals surface area (Å²) in [6, 6.07) is 19.9. The van der Waals surface area contributed by atoms with Crippen molar-refractivity contribution in [3.8, 4) is 33.8 Å². The number of rotatable bonds is 17. The largest absolute Gasteiger partial charge is 0.496 e. The van der Waals surface area contributed by atoms with Gasteiger partial charge in [0.05, 0.1) is 37.5 Å². The van der Waals surface area contributed by atoms with Crippen LogP contribution in [-0.2, 0) is 24.4 Å². The van der Waals surface area contributed by atoms with Crippen molar-refractivity contribution in [3.05, 3.63) is 99.4 Å². The predicted molar refractivity (Wildman–Crippen MR) is 208 cm³/mol. The third kappa shape index (κ3) is 8.14. The molecular formula is C41H46Cl2FN5O3. The molecule has 5 aromatic rings. The van der Waals surface area contributed by atoms with Crippen LogP contribution in [0.4, 0.5) is 4.39 Å². The van der Waals surface area contributed by atoms with Gasteiger partial charge in [-0.05, 0) is 80.4 Å². The van der Waals surface area contributed by atoms with Gasteiger partial charge in [0.1, 0.15) is 23.6 Å². The van der Waals surface area contributed by atoms with Gasteiger partial charge < -0.3 is 24.9 Å². The average Bonchev–Trinajstić information content (AvgIpc) is 3.53. The van der Waals surface area contributed by atoms with Crippen molar-refractivity contribution in [2.75, 3.05) is 34.9 Å². The summed E-state index contributed by atoms with van der Waals surface area (Å²) in [7, 11) is 7.24. The Balaban J connectivity index is 1.25. The Labute approximate surface area is 315 Å². The number of likely N-dealkylation sites (N-methyl/N-ethyl adjacent to an activating group) is 1. The number of benzene rings is 4. The maximum atomic E-state index is 15.7. The summed E-state index contributed by atoms with van der Waals surface area (Å²) in [6.45, 7) is 2.10. The third-order valence-corrected chi connectivity index (χ3v) is 11.0. The number of fused-ring (bicyclic) bond motifs is 1. The molecule has 2 N–H and O–H groups in total. The van der Waals surface area contributed by atoms with E-state index in [1.165, 1.54) is 32.4 Å². The van der Waals surface area contributed by atoms with E-state index in [1.807, 2.05) is 72.5 Å². The van der Waals surface area contributed by atoms with E-state index in [-0.39, 0.29) is 12.6 Å². The zero-order valence-electron chi connectivity index (χ0n) is 30.1. The molecule has 0 radical (unpaired) electrons. The molecule has 0 aliphatic heterocycles. The number of hydrogen-bond acceptors (Lipinski definition) is 7. The van der Waals surface area contributed by atoms with Gasteiger partial charge in [0.25, 0.3) is 0 Å². The lowest BCUT2D eigenvalue weighted by molar-refractivity contribution is -0.108. The van der Waals surface area contributed by atoms with Gasteiger partial charge >= 0.3 is 0 Å². The van der Waals surface area contributed by atoms with Crippen molar-refractivity contribution in [1.82, 2.24) is 25.3 Å². The van der Waals surface area contributed by atoms with E-state index in [0.717, 1.165) is 51.7 Å². The Hall–Kier alpha value is -3.99. The molecule has 8 nitrogen and oxygen atoms in total. The fourth-order valence-electron chi connectivity index (χ4n) is 6.99. The Kier molecular flexibility index (Phi) is 12.5. The number of methoxy groups -OCH3 is 2. The first-order valence-corrected chi connectivity index (χ1v) is 18.5. The maximum absolute atomic E-state index is 15.7. The molecule has 1 aromatic heterocycles. The van der Waals surface area contributed by atoms with Gasteiger partial charge in [0.15, 0.2) is 0 Å². The molecule has 1 atom stereocenters. The monoisotopic (exact) mass is 745 g/mol. The van der Waals surface area contributed by atoms with Gasteiger partial charge in [-0.1, -0.05) is 60.0 Å². The fraction of sp³-hybridized carbons (Fsp3) is 0.366. The molecule has 0 saturated heterocycles. The lowest BCUT2D eigenvalue weighted by Gasteiger charge is -2.35. The summed E-state index contributed by atoms with van der Waals surface area (Å²) >= 11 is 14.0. The number of aldehydes is 1. The van der Waals surface area contributed by atoms with E-state index in [4.69, 9.17) is 37.8 Å². The molecule has 11 heteroatoms. The normalized spacial score (nSPS) is 13.8. The number of aromatic nitrogens is 2. The van der Waals surface area contributed by atoms with Crippen molar-refractivity contribution in [2.24, 2.45) is 0 Å². The van der Waals surface area contributed by atoms with Crippen LogP contribution >= 0.6 is 23.2 Å². The number of carbonyl (C=O) groups excluding carboxylic acids is 1. The molecule has 1 aliphatic rings. The van der Waals surface area contributed by atoms with E-state index >= 15 is 4.39 Å². The SMILES string of the molecule is CNC(CCC=O)CNCc1c(F)cc(-c2cccc(-c3cccc4c3cnn4Cc3cc(OC)c(CN(C)C4CCC4)cc3Cl)c2Cl)cc1OC. The highest BCUT2D eigenvalue weighted by Gasteiger charge is 2.24. The molecule has 1 aliphatic carbocycles. The molecule has 6 rings (SSSR count). The van der Waals surface area contributed by atoms with Crippen LogP contribution in [0.5, 0.6) is 11.5 Å². The molecule has 1 unspecified atom stereocenters. The van der Waals surface area contributed by atoms with Crippen LogP contribution in [-0.4, -0.2) is 67.9 Å². The Morgan fingerprint density at radius 3 is 2.48 bits per heavy atom. The molecule has 0 bridgehead atoms. The van der Waals surface area contributed by atoms with Gasteiger partial charge in [0.2, 0.25) is 0 Å². The van der Waals surface area contributed by atoms with Crippen molar-refractivity contribution < 1.29 is 18.7 Å². The second-order valence-electron chi connectivity index (χ2n) is 13.5. The highest BCUT2D eigenvalue weighted by atomic mass is 35.5. The quantitative estimate of drug-likeness (QED) is 0.0924. The summed E-state index contributed by atoms with van der Waals surface area (Å²) in [4.78, 5) is 13.2. The summed E-state index contributed by atoms with van der Waals surface area (Å²) < 4.78 is 29.1. The minimum atomic E-state index is -0.394. The minimum absolute atomic E-state index is 0.0954. The van der Waals surface area contributed by atoms with E-state index in [1.54, 1.807) is 7.11 Å². The van der Waals surface area contributed by atoms with Crippen LogP contribution in [0.25, 0.3) is 33.2 Å². The molecule has 0 amide bonds. The van der Waals surface area contributed by atoms with Crippen molar-refractivity contribution in [1.29, 1.82) is 0 Å². The second-order valence-corrected chi connectivity index (χ2v) is 14.2. The molecule has 274 valence electrons. The number of ether oxygens (including phenoxy) is 2. The molecule has 52 heavy (non-hydrogen) atoms. The lowest BCUT2D eigenvalue weighted by Crippen LogP contribution is -2.36. The van der Waals surface area contributed by atoms with Crippen LogP contribution in [0.15, 0.2) is 66.9 Å². The Morgan fingerprint density at radius 2 is 1.77 bits per heavy atom. The average molecular weight is 747 g/mol. The van der Waals surface area contributed by atoms with Crippen molar-refractivity contribution in [3.63, 3.8) is 0 Å². The molecule has 1 saturated carbocycles. The fourth-order valence-corrected chi connectivity index (χ4v) is 7.58. The predicted octanol–water partition coefficient (Wildman–Crippen LogP) is 8.52. The summed E-state index contributed by atoms with van der Waals surface area (Å²) in [5, 5.41) is 13.4. The molecule has 0 spiro atoms. The van der Waals surface area contributed by atoms with Crippen LogP contribution in [0, 0.1) is 5.82 Å². The highest BCUT2D eigenvalue weighted by molar-refractivity contribution is 6.36. The smallest absolute Gasteiger partial charge is 0.132 e. The number of nitrogens with zero attached hydrogens (tertiary/aromatic N) is 3. The first-order valence-electron chi connectivity index (χ1n) is 17.7. The molecular weight excluding hydrogens is 700 g/mol. The van der Waals surface area contributed by atoms with Gasteiger partial charge in [-0.2, -0.15) is 5.10 Å². The summed E-state index contributed by atoms with van der Waals surface area (Å²) in [5.74, 6) is 0.849. The minimum Gasteiger partial charge on any atom is -0.496 e. The number of halogens is 3. The van der Waals surface area contributed by atoms with Crippen LogP contribution in [0.3, 0.4) is 0 Å². The number of nitrogens with one attached hydrogen (secondary N) is 2. The Bertz CT molecular complexity index is 2030. The zero-order valence-corrected chi connectivity index (χ0v) is 31.7. The topological polar surface area (TPSA) is 80.7 Å². The summed E-state index contributed by atoms with van der Waals surface area (Å²) in [6.07, 6.45) is 7.67. The standard InChI is InChI=1S/C41H46Cl2FN5O3/c1-45-29(9-8-16-50)21-46-22-35-37(44)18-26(19-40(35)52-4)31-12-6-14-33(41(31)43)32-13-7-15-38-34(32)23-47-49(38)25-27-20-39(51-3)28(17-36(27)42)24-48(2)30-10-5-11-30/h6-7,12-20,23,29-30,45-46H,5,8-11,21-22,24-25H2,1-4H3. The number of carbonyl (C=O) groups is 1. The third-order valence-electron chi connectivity index (χ3n) is 10.3. The zero-order chi connectivity index (χ0) is 36.8. The van der Waals surface area contributed by atoms with Crippen LogP contribution in [0.2, 0.25) is 10.0 Å². The van der Waals surface area contributed by atoms with Gasteiger partial charge in [0, 0.05) is 70.8 Å². The van der Waals surface area contributed by atoms with Crippen LogP contribution in [0.1, 0.15) is 48.8 Å². The van der Waals surface area contributed by atoms with Crippen LogP contribution < -0.4 is 20.1 Å². The molecule has 1 heterocycles.